The Bertz CT molecular complexity index is 671. The lowest BCUT2D eigenvalue weighted by molar-refractivity contribution is -0.553. The van der Waals surface area contributed by atoms with Crippen LogP contribution in [0.2, 0.25) is 0 Å². The number of hydrogen-bond acceptors (Lipinski definition) is 4. The summed E-state index contributed by atoms with van der Waals surface area (Å²) in [4.78, 5) is 46.4. The molecule has 136 valence electrons. The van der Waals surface area contributed by atoms with E-state index in [9.17, 15) is 14.4 Å². The Balaban J connectivity index is 1.81. The standard InChI is InChI=1S/C17H26N5O3/c1-5-12-8-6-7-9-21(12)15(23)11(2)22-10-18-14-13(22)16(24)20(4)17(25)19(14)3/h10-13H,5-9H2,1-4H3/q+1. The second-order valence-corrected chi connectivity index (χ2v) is 6.96. The quantitative estimate of drug-likeness (QED) is 0.698. The second-order valence-electron chi connectivity index (χ2n) is 6.96. The van der Waals surface area contributed by atoms with Crippen molar-refractivity contribution in [3.63, 3.8) is 0 Å². The molecule has 4 amide bonds. The van der Waals surface area contributed by atoms with Crippen molar-refractivity contribution in [2.24, 2.45) is 4.99 Å². The number of amides is 4. The van der Waals surface area contributed by atoms with E-state index in [1.165, 1.54) is 18.3 Å². The molecule has 0 aromatic heterocycles. The number of nitrogens with zero attached hydrogens (tertiary/aromatic N) is 5. The number of likely N-dealkylation sites (tertiary alicyclic amines) is 1. The van der Waals surface area contributed by atoms with Crippen LogP contribution in [0.25, 0.3) is 0 Å². The smallest absolute Gasteiger partial charge is 0.333 e. The lowest BCUT2D eigenvalue weighted by Crippen LogP contribution is -2.63. The summed E-state index contributed by atoms with van der Waals surface area (Å²) >= 11 is 0. The van der Waals surface area contributed by atoms with Crippen LogP contribution >= 0.6 is 0 Å². The molecular formula is C17H26N5O3+. The van der Waals surface area contributed by atoms with E-state index in [0.29, 0.717) is 5.84 Å². The maximum atomic E-state index is 13.1. The van der Waals surface area contributed by atoms with Crippen LogP contribution in [0.3, 0.4) is 0 Å². The van der Waals surface area contributed by atoms with Gasteiger partial charge in [0.1, 0.15) is 0 Å². The van der Waals surface area contributed by atoms with Crippen molar-refractivity contribution < 1.29 is 19.0 Å². The lowest BCUT2D eigenvalue weighted by Gasteiger charge is -2.37. The molecule has 0 N–H and O–H groups in total. The van der Waals surface area contributed by atoms with Crippen LogP contribution in [0, 0.1) is 0 Å². The van der Waals surface area contributed by atoms with Crippen LogP contribution in [0.4, 0.5) is 4.79 Å². The van der Waals surface area contributed by atoms with E-state index >= 15 is 0 Å². The number of aliphatic imine (C=N–C) groups is 1. The van der Waals surface area contributed by atoms with Gasteiger partial charge in [0, 0.05) is 26.7 Å². The van der Waals surface area contributed by atoms with Crippen molar-refractivity contribution in [3.8, 4) is 0 Å². The average Bonchev–Trinajstić information content (AvgIpc) is 3.08. The number of urea groups is 1. The fourth-order valence-corrected chi connectivity index (χ4v) is 3.91. The van der Waals surface area contributed by atoms with Crippen molar-refractivity contribution >= 4 is 30.0 Å². The molecule has 25 heavy (non-hydrogen) atoms. The highest BCUT2D eigenvalue weighted by atomic mass is 16.2. The minimum atomic E-state index is -0.712. The summed E-state index contributed by atoms with van der Waals surface area (Å²) in [6.07, 6.45) is 5.66. The maximum absolute atomic E-state index is 13.1. The molecule has 0 saturated carbocycles. The highest BCUT2D eigenvalue weighted by Crippen LogP contribution is 2.23. The number of fused-ring (bicyclic) bond motifs is 1. The molecular weight excluding hydrogens is 322 g/mol. The van der Waals surface area contributed by atoms with Crippen LogP contribution in [0.1, 0.15) is 39.5 Å². The molecule has 8 nitrogen and oxygen atoms in total. The molecule has 2 saturated heterocycles. The van der Waals surface area contributed by atoms with Crippen LogP contribution in [0.5, 0.6) is 0 Å². The fraction of sp³-hybridized carbons (Fsp3) is 0.706. The number of piperidine rings is 1. The van der Waals surface area contributed by atoms with Crippen molar-refractivity contribution in [2.45, 2.75) is 57.7 Å². The molecule has 0 radical (unpaired) electrons. The Morgan fingerprint density at radius 2 is 2.04 bits per heavy atom. The summed E-state index contributed by atoms with van der Waals surface area (Å²) in [5.41, 5.74) is 0. The van der Waals surface area contributed by atoms with Gasteiger partial charge in [-0.25, -0.2) is 9.37 Å². The van der Waals surface area contributed by atoms with Gasteiger partial charge >= 0.3 is 6.03 Å². The fourth-order valence-electron chi connectivity index (χ4n) is 3.91. The van der Waals surface area contributed by atoms with Crippen LogP contribution in [0.15, 0.2) is 4.99 Å². The van der Waals surface area contributed by atoms with Crippen molar-refractivity contribution in [1.29, 1.82) is 0 Å². The molecule has 3 aliphatic heterocycles. The Labute approximate surface area is 147 Å². The van der Waals surface area contributed by atoms with Gasteiger partial charge in [0.25, 0.3) is 30.0 Å². The highest BCUT2D eigenvalue weighted by Gasteiger charge is 2.52. The molecule has 3 rings (SSSR count). The van der Waals surface area contributed by atoms with Gasteiger partial charge in [-0.15, -0.1) is 0 Å². The number of hydrogen-bond donors (Lipinski definition) is 0. The minimum Gasteiger partial charge on any atom is -0.336 e. The van der Waals surface area contributed by atoms with Crippen molar-refractivity contribution in [2.75, 3.05) is 20.6 Å². The molecule has 8 heteroatoms. The Kier molecular flexibility index (Phi) is 4.62. The first kappa shape index (κ1) is 17.6. The molecule has 0 spiro atoms. The number of amidine groups is 1. The Morgan fingerprint density at radius 3 is 2.72 bits per heavy atom. The van der Waals surface area contributed by atoms with E-state index in [4.69, 9.17) is 0 Å². The minimum absolute atomic E-state index is 0.0225. The normalized spacial score (nSPS) is 27.9. The predicted octanol–water partition coefficient (Wildman–Crippen LogP) is 0.511. The average molecular weight is 348 g/mol. The summed E-state index contributed by atoms with van der Waals surface area (Å²) in [6.45, 7) is 4.67. The Hall–Kier alpha value is -2.25. The summed E-state index contributed by atoms with van der Waals surface area (Å²) < 4.78 is 1.68. The zero-order valence-electron chi connectivity index (χ0n) is 15.3. The molecule has 0 aromatic carbocycles. The molecule has 3 unspecified atom stereocenters. The molecule has 2 fully saturated rings. The summed E-state index contributed by atoms with van der Waals surface area (Å²) in [5, 5.41) is 0. The van der Waals surface area contributed by atoms with Crippen molar-refractivity contribution in [1.82, 2.24) is 14.7 Å². The third-order valence-corrected chi connectivity index (χ3v) is 5.53. The van der Waals surface area contributed by atoms with Gasteiger partial charge in [-0.05, 0) is 37.6 Å². The zero-order valence-corrected chi connectivity index (χ0v) is 15.3. The van der Waals surface area contributed by atoms with E-state index in [0.717, 1.165) is 37.1 Å². The van der Waals surface area contributed by atoms with Crippen molar-refractivity contribution in [3.05, 3.63) is 0 Å². The third kappa shape index (κ3) is 2.73. The topological polar surface area (TPSA) is 76.3 Å². The molecule has 3 atom stereocenters. The maximum Gasteiger partial charge on any atom is 0.333 e. The first-order valence-corrected chi connectivity index (χ1v) is 8.92. The Morgan fingerprint density at radius 1 is 1.32 bits per heavy atom. The summed E-state index contributed by atoms with van der Waals surface area (Å²) in [6, 6.07) is -1.36. The number of carbonyl (C=O) groups excluding carboxylic acids is 3. The van der Waals surface area contributed by atoms with Crippen LogP contribution in [-0.4, -0.2) is 88.1 Å². The van der Waals surface area contributed by atoms with Crippen LogP contribution < -0.4 is 0 Å². The summed E-state index contributed by atoms with van der Waals surface area (Å²) in [7, 11) is 3.05. The first-order chi connectivity index (χ1) is 11.9. The van der Waals surface area contributed by atoms with E-state index < -0.39 is 18.1 Å². The molecule has 0 bridgehead atoms. The van der Waals surface area contributed by atoms with Gasteiger partial charge in [0.05, 0.1) is 0 Å². The first-order valence-electron chi connectivity index (χ1n) is 8.92. The predicted molar refractivity (Wildman–Crippen MR) is 92.6 cm³/mol. The lowest BCUT2D eigenvalue weighted by atomic mass is 9.99. The number of carbonyl (C=O) groups is 3. The largest absolute Gasteiger partial charge is 0.336 e. The second kappa shape index (κ2) is 6.57. The van der Waals surface area contributed by atoms with E-state index in [2.05, 4.69) is 11.9 Å². The zero-order chi connectivity index (χ0) is 18.3. The number of imide groups is 1. The SMILES string of the molecule is CCC1CCCCN1C(=O)C(C)[N+]1=CN=C2C1C(=O)N(C)C(=O)N2C. The third-order valence-electron chi connectivity index (χ3n) is 5.53. The molecule has 0 aliphatic carbocycles. The van der Waals surface area contributed by atoms with Gasteiger partial charge in [-0.3, -0.25) is 19.4 Å². The summed E-state index contributed by atoms with van der Waals surface area (Å²) in [5.74, 6) is 0.0635. The van der Waals surface area contributed by atoms with E-state index in [-0.39, 0.29) is 17.9 Å². The molecule has 3 heterocycles. The highest BCUT2D eigenvalue weighted by molar-refractivity contribution is 6.21. The van der Waals surface area contributed by atoms with Gasteiger partial charge < -0.3 is 4.90 Å². The molecule has 3 aliphatic rings. The van der Waals surface area contributed by atoms with E-state index in [1.54, 1.807) is 11.6 Å². The van der Waals surface area contributed by atoms with E-state index in [1.807, 2.05) is 11.8 Å². The molecule has 0 aromatic rings. The van der Waals surface area contributed by atoms with Gasteiger partial charge in [0.2, 0.25) is 0 Å². The number of rotatable bonds is 3. The number of likely N-dealkylation sites (N-methyl/N-ethyl adjacent to an activating group) is 2. The van der Waals surface area contributed by atoms with Gasteiger partial charge in [-0.1, -0.05) is 6.92 Å². The van der Waals surface area contributed by atoms with Crippen LogP contribution in [-0.2, 0) is 9.59 Å². The van der Waals surface area contributed by atoms with Gasteiger partial charge in [0.15, 0.2) is 6.04 Å². The van der Waals surface area contributed by atoms with Gasteiger partial charge in [-0.2, -0.15) is 0 Å². The monoisotopic (exact) mass is 348 g/mol.